The van der Waals surface area contributed by atoms with E-state index in [4.69, 9.17) is 20.7 Å². The smallest absolute Gasteiger partial charge is 0.320 e. The lowest BCUT2D eigenvalue weighted by Gasteiger charge is -2.15. The monoisotopic (exact) mass is 407 g/mol. The van der Waals surface area contributed by atoms with Crippen molar-refractivity contribution in [1.29, 1.82) is 0 Å². The van der Waals surface area contributed by atoms with Crippen molar-refractivity contribution >= 4 is 34.5 Å². The maximum Gasteiger partial charge on any atom is 0.320 e. The minimum atomic E-state index is -1.18. The van der Waals surface area contributed by atoms with E-state index in [0.29, 0.717) is 19.4 Å². The van der Waals surface area contributed by atoms with Gasteiger partial charge in [0.1, 0.15) is 11.8 Å². The van der Waals surface area contributed by atoms with Crippen molar-refractivity contribution in [2.24, 2.45) is 11.7 Å². The van der Waals surface area contributed by atoms with Gasteiger partial charge in [0, 0.05) is 3.57 Å². The summed E-state index contributed by atoms with van der Waals surface area (Å²) in [5.41, 5.74) is 5.37. The van der Waals surface area contributed by atoms with Gasteiger partial charge in [0.15, 0.2) is 0 Å². The Balaban J connectivity index is 2.35. The van der Waals surface area contributed by atoms with Crippen LogP contribution >= 0.6 is 22.6 Å². The van der Waals surface area contributed by atoms with Crippen LogP contribution < -0.4 is 10.5 Å². The molecule has 0 spiro atoms. The van der Waals surface area contributed by atoms with E-state index >= 15 is 0 Å². The first kappa shape index (κ1) is 17.7. The van der Waals surface area contributed by atoms with E-state index in [1.807, 2.05) is 24.3 Å². The van der Waals surface area contributed by atoms with Crippen molar-refractivity contribution < 1.29 is 24.5 Å². The van der Waals surface area contributed by atoms with E-state index < -0.39 is 23.9 Å². The van der Waals surface area contributed by atoms with E-state index in [1.165, 1.54) is 0 Å². The molecule has 0 saturated carbocycles. The summed E-state index contributed by atoms with van der Waals surface area (Å²) in [6.45, 7) is 0.382. The zero-order valence-electron chi connectivity index (χ0n) is 11.4. The molecule has 0 aliphatic carbocycles. The van der Waals surface area contributed by atoms with Crippen LogP contribution in [0.5, 0.6) is 5.75 Å². The Labute approximate surface area is 136 Å². The van der Waals surface area contributed by atoms with E-state index in [9.17, 15) is 9.59 Å². The standard InChI is InChI=1S/C14H18INO5/c15-10-3-5-11(6-4-10)21-7-1-2-9(13(17)18)8-12(16)14(19)20/h3-6,9,12H,1-2,7-8,16H2,(H,17,18)(H,19,20). The molecule has 4 N–H and O–H groups in total. The predicted octanol–water partition coefficient (Wildman–Crippen LogP) is 1.95. The molecule has 1 aromatic rings. The van der Waals surface area contributed by atoms with Crippen LogP contribution in [0.2, 0.25) is 0 Å². The van der Waals surface area contributed by atoms with E-state index in [0.717, 1.165) is 9.32 Å². The molecule has 0 bridgehead atoms. The summed E-state index contributed by atoms with van der Waals surface area (Å²) in [5.74, 6) is -2.25. The first-order chi connectivity index (χ1) is 9.90. The first-order valence-electron chi connectivity index (χ1n) is 6.49. The minimum Gasteiger partial charge on any atom is -0.494 e. The lowest BCUT2D eigenvalue weighted by molar-refractivity contribution is -0.143. The van der Waals surface area contributed by atoms with Crippen LogP contribution in [0.15, 0.2) is 24.3 Å². The third kappa shape index (κ3) is 6.76. The topological polar surface area (TPSA) is 110 Å². The molecule has 2 unspecified atom stereocenters. The number of benzene rings is 1. The Morgan fingerprint density at radius 3 is 2.33 bits per heavy atom. The zero-order chi connectivity index (χ0) is 15.8. The van der Waals surface area contributed by atoms with Crippen molar-refractivity contribution in [2.75, 3.05) is 6.61 Å². The van der Waals surface area contributed by atoms with Crippen molar-refractivity contribution in [3.8, 4) is 5.75 Å². The fourth-order valence-corrected chi connectivity index (χ4v) is 2.16. The second-order valence-electron chi connectivity index (χ2n) is 4.66. The molecule has 0 aliphatic rings. The van der Waals surface area contributed by atoms with Gasteiger partial charge >= 0.3 is 11.9 Å². The van der Waals surface area contributed by atoms with Gasteiger partial charge in [-0.05, 0) is 66.1 Å². The van der Waals surface area contributed by atoms with E-state index in [-0.39, 0.29) is 6.42 Å². The molecule has 7 heteroatoms. The van der Waals surface area contributed by atoms with Crippen LogP contribution in [0.4, 0.5) is 0 Å². The van der Waals surface area contributed by atoms with Crippen LogP contribution in [-0.4, -0.2) is 34.8 Å². The first-order valence-corrected chi connectivity index (χ1v) is 7.57. The fourth-order valence-electron chi connectivity index (χ4n) is 1.80. The van der Waals surface area contributed by atoms with Gasteiger partial charge in [-0.1, -0.05) is 0 Å². The van der Waals surface area contributed by atoms with Gasteiger partial charge in [-0.2, -0.15) is 0 Å². The zero-order valence-corrected chi connectivity index (χ0v) is 13.5. The molecule has 1 aromatic carbocycles. The van der Waals surface area contributed by atoms with Crippen molar-refractivity contribution in [1.82, 2.24) is 0 Å². The van der Waals surface area contributed by atoms with Gasteiger partial charge in [-0.15, -0.1) is 0 Å². The second-order valence-corrected chi connectivity index (χ2v) is 5.91. The molecule has 0 heterocycles. The summed E-state index contributed by atoms with van der Waals surface area (Å²) in [6, 6.07) is 6.38. The largest absolute Gasteiger partial charge is 0.494 e. The van der Waals surface area contributed by atoms with Gasteiger partial charge in [-0.25, -0.2) is 0 Å². The number of aliphatic carboxylic acids is 2. The van der Waals surface area contributed by atoms with Gasteiger partial charge < -0.3 is 20.7 Å². The Morgan fingerprint density at radius 1 is 1.19 bits per heavy atom. The van der Waals surface area contributed by atoms with Gasteiger partial charge in [0.2, 0.25) is 0 Å². The molecule has 2 atom stereocenters. The molecular formula is C14H18INO5. The number of hydrogen-bond donors (Lipinski definition) is 3. The number of carbonyl (C=O) groups is 2. The average Bonchev–Trinajstić information content (AvgIpc) is 2.43. The van der Waals surface area contributed by atoms with Crippen molar-refractivity contribution in [3.05, 3.63) is 27.8 Å². The van der Waals surface area contributed by atoms with Crippen LogP contribution in [0, 0.1) is 9.49 Å². The van der Waals surface area contributed by atoms with E-state index in [1.54, 1.807) is 0 Å². The normalized spacial score (nSPS) is 13.4. The average molecular weight is 407 g/mol. The van der Waals surface area contributed by atoms with Crippen LogP contribution in [0.25, 0.3) is 0 Å². The van der Waals surface area contributed by atoms with Crippen molar-refractivity contribution in [3.63, 3.8) is 0 Å². The lowest BCUT2D eigenvalue weighted by Crippen LogP contribution is -2.34. The quantitative estimate of drug-likeness (QED) is 0.427. The molecule has 116 valence electrons. The summed E-state index contributed by atoms with van der Waals surface area (Å²) in [5, 5.41) is 17.8. The third-order valence-corrected chi connectivity index (χ3v) is 3.70. The highest BCUT2D eigenvalue weighted by atomic mass is 127. The Bertz CT molecular complexity index is 477. The molecule has 6 nitrogen and oxygen atoms in total. The highest BCUT2D eigenvalue weighted by Gasteiger charge is 2.23. The Kier molecular flexibility index (Phi) is 7.44. The number of hydrogen-bond acceptors (Lipinski definition) is 4. The van der Waals surface area contributed by atoms with E-state index in [2.05, 4.69) is 22.6 Å². The fraction of sp³-hybridized carbons (Fsp3) is 0.429. The molecule has 21 heavy (non-hydrogen) atoms. The van der Waals surface area contributed by atoms with Crippen LogP contribution in [0.3, 0.4) is 0 Å². The SMILES string of the molecule is NC(CC(CCCOc1ccc(I)cc1)C(=O)O)C(=O)O. The second kappa shape index (κ2) is 8.83. The summed E-state index contributed by atoms with van der Waals surface area (Å²) < 4.78 is 6.60. The Morgan fingerprint density at radius 2 is 1.81 bits per heavy atom. The molecule has 0 aromatic heterocycles. The lowest BCUT2D eigenvalue weighted by atomic mass is 9.95. The molecule has 0 amide bonds. The van der Waals surface area contributed by atoms with Gasteiger partial charge in [0.25, 0.3) is 0 Å². The Hall–Kier alpha value is -1.35. The molecule has 0 fully saturated rings. The maximum absolute atomic E-state index is 11.1. The summed E-state index contributed by atoms with van der Waals surface area (Å²) in [6.07, 6.45) is 0.782. The number of rotatable bonds is 9. The number of carboxylic acids is 2. The predicted molar refractivity (Wildman–Crippen MR) is 85.2 cm³/mol. The summed E-state index contributed by atoms with van der Waals surface area (Å²) in [4.78, 5) is 21.7. The number of carboxylic acid groups (broad SMARTS) is 2. The molecule has 1 rings (SSSR count). The van der Waals surface area contributed by atoms with Crippen LogP contribution in [-0.2, 0) is 9.59 Å². The van der Waals surface area contributed by atoms with Gasteiger partial charge in [-0.3, -0.25) is 9.59 Å². The highest BCUT2D eigenvalue weighted by molar-refractivity contribution is 14.1. The number of halogens is 1. The van der Waals surface area contributed by atoms with Crippen molar-refractivity contribution in [2.45, 2.75) is 25.3 Å². The molecule has 0 radical (unpaired) electrons. The summed E-state index contributed by atoms with van der Waals surface area (Å²) >= 11 is 2.19. The summed E-state index contributed by atoms with van der Waals surface area (Å²) in [7, 11) is 0. The highest BCUT2D eigenvalue weighted by Crippen LogP contribution is 2.16. The van der Waals surface area contributed by atoms with Gasteiger partial charge in [0.05, 0.1) is 12.5 Å². The molecule has 0 aliphatic heterocycles. The molecule has 0 saturated heterocycles. The maximum atomic E-state index is 11.1. The number of nitrogens with two attached hydrogens (primary N) is 1. The third-order valence-electron chi connectivity index (χ3n) is 2.98. The minimum absolute atomic E-state index is 0.0752. The van der Waals surface area contributed by atoms with Crippen LogP contribution in [0.1, 0.15) is 19.3 Å². The molecular weight excluding hydrogens is 389 g/mol. The number of ether oxygens (including phenoxy) is 1.